The minimum absolute atomic E-state index is 0.111. The predicted octanol–water partition coefficient (Wildman–Crippen LogP) is 4.38. The van der Waals surface area contributed by atoms with Gasteiger partial charge < -0.3 is 29.5 Å². The molecule has 2 aliphatic heterocycles. The molecule has 0 spiro atoms. The van der Waals surface area contributed by atoms with E-state index in [0.717, 1.165) is 8.95 Å². The number of β-amino-alcohol motifs (C(OH)–C–C–N with tert-alkyl or cyclic N) is 1. The lowest BCUT2D eigenvalue weighted by Crippen LogP contribution is -2.48. The van der Waals surface area contributed by atoms with Crippen LogP contribution in [-0.4, -0.2) is 101 Å². The maximum atomic E-state index is 12.1. The largest absolute Gasteiger partial charge is 0.444 e. The molecule has 2 aliphatic rings. The van der Waals surface area contributed by atoms with E-state index in [-0.39, 0.29) is 30.8 Å². The van der Waals surface area contributed by atoms with E-state index in [1.165, 1.54) is 0 Å². The molecule has 0 aromatic carbocycles. The molecule has 0 bridgehead atoms. The van der Waals surface area contributed by atoms with Gasteiger partial charge in [0.25, 0.3) is 0 Å². The summed E-state index contributed by atoms with van der Waals surface area (Å²) in [7, 11) is 0. The molecule has 0 saturated carbocycles. The summed E-state index contributed by atoms with van der Waals surface area (Å²) < 4.78 is 15.8. The first-order valence-corrected chi connectivity index (χ1v) is 14.8. The third-order valence-electron chi connectivity index (χ3n) is 6.22. The van der Waals surface area contributed by atoms with Gasteiger partial charge in [-0.3, -0.25) is 9.36 Å². The Morgan fingerprint density at radius 2 is 1.23 bits per heavy atom. The van der Waals surface area contributed by atoms with Crippen molar-refractivity contribution < 1.29 is 29.3 Å². The first-order chi connectivity index (χ1) is 18.5. The van der Waals surface area contributed by atoms with Crippen LogP contribution in [0, 0.1) is 0 Å². The molecule has 2 amide bonds. The summed E-state index contributed by atoms with van der Waals surface area (Å²) in [6.07, 6.45) is 6.26. The van der Waals surface area contributed by atoms with Gasteiger partial charge in [0.2, 0.25) is 0 Å². The van der Waals surface area contributed by atoms with Gasteiger partial charge in [-0.15, -0.1) is 0 Å². The zero-order valence-corrected chi connectivity index (χ0v) is 27.0. The highest BCUT2D eigenvalue weighted by molar-refractivity contribution is 9.10. The third kappa shape index (κ3) is 9.45. The van der Waals surface area contributed by atoms with Crippen molar-refractivity contribution in [2.24, 2.45) is 0 Å². The van der Waals surface area contributed by atoms with E-state index < -0.39 is 23.4 Å². The van der Waals surface area contributed by atoms with Crippen molar-refractivity contribution >= 4 is 44.0 Å². The van der Waals surface area contributed by atoms with Crippen molar-refractivity contribution in [3.8, 4) is 0 Å². The molecule has 0 aliphatic carbocycles. The van der Waals surface area contributed by atoms with Crippen LogP contribution in [0.15, 0.2) is 33.7 Å². The molecular weight excluding hydrogens is 652 g/mol. The lowest BCUT2D eigenvalue weighted by atomic mass is 10.0. The predicted molar refractivity (Wildman–Crippen MR) is 155 cm³/mol. The summed E-state index contributed by atoms with van der Waals surface area (Å²) in [4.78, 5) is 27.2. The standard InChI is InChI=1S/2C13H20BrN3O3/c1-13(2,3)20-12(19)16-5-4-11(18)10(8-16)17-7-9(14)6-15-17;1-13(2,3)20-12(19)16-5-4-10(11(18)8-16)17-7-9(14)6-15-17/h2*6-7,10-11,18H,4-5,8H2,1-3H3/t2*10-,11-/m10/s1. The number of nitrogens with zero attached hydrogens (tertiary/aromatic N) is 6. The number of rotatable bonds is 2. The molecule has 40 heavy (non-hydrogen) atoms. The van der Waals surface area contributed by atoms with Crippen LogP contribution in [-0.2, 0) is 9.47 Å². The van der Waals surface area contributed by atoms with E-state index in [9.17, 15) is 19.8 Å². The lowest BCUT2D eigenvalue weighted by Gasteiger charge is -2.36. The SMILES string of the molecule is CC(C)(C)OC(=O)N1CC[C@@H](O)[C@H](n2cc(Br)cn2)C1.CC(C)(C)OC(=O)N1CC[C@H](n2cc(Br)cn2)[C@@H](O)C1. The Morgan fingerprint density at radius 1 is 0.775 bits per heavy atom. The Balaban J connectivity index is 0.000000220. The molecule has 2 N–H and O–H groups in total. The fourth-order valence-electron chi connectivity index (χ4n) is 4.38. The van der Waals surface area contributed by atoms with Crippen LogP contribution in [0.4, 0.5) is 9.59 Å². The van der Waals surface area contributed by atoms with E-state index >= 15 is 0 Å². The summed E-state index contributed by atoms with van der Waals surface area (Å²) in [5, 5.41) is 28.7. The smallest absolute Gasteiger partial charge is 0.410 e. The Kier molecular flexibility index (Phi) is 10.7. The Bertz CT molecular complexity index is 1140. The number of halogens is 2. The van der Waals surface area contributed by atoms with Gasteiger partial charge in [0, 0.05) is 32.0 Å². The van der Waals surface area contributed by atoms with Gasteiger partial charge >= 0.3 is 12.2 Å². The number of hydrogen-bond donors (Lipinski definition) is 2. The summed E-state index contributed by atoms with van der Waals surface area (Å²) in [5.41, 5.74) is -1.04. The topological polar surface area (TPSA) is 135 Å². The highest BCUT2D eigenvalue weighted by atomic mass is 79.9. The van der Waals surface area contributed by atoms with E-state index in [1.807, 2.05) is 47.7 Å². The van der Waals surface area contributed by atoms with Crippen LogP contribution in [0.2, 0.25) is 0 Å². The summed E-state index contributed by atoms with van der Waals surface area (Å²) in [5.74, 6) is 0. The van der Waals surface area contributed by atoms with E-state index in [1.54, 1.807) is 37.8 Å². The average Bonchev–Trinajstić information content (AvgIpc) is 3.45. The number of aliphatic hydroxyl groups is 2. The Morgan fingerprint density at radius 3 is 1.65 bits per heavy atom. The first-order valence-electron chi connectivity index (χ1n) is 13.2. The van der Waals surface area contributed by atoms with Gasteiger partial charge in [-0.2, -0.15) is 10.2 Å². The van der Waals surface area contributed by atoms with Crippen LogP contribution in [0.3, 0.4) is 0 Å². The molecule has 224 valence electrons. The number of ether oxygens (including phenoxy) is 2. The minimum Gasteiger partial charge on any atom is -0.444 e. The molecule has 2 aromatic heterocycles. The van der Waals surface area contributed by atoms with Gasteiger partial charge in [-0.05, 0) is 86.2 Å². The zero-order valence-electron chi connectivity index (χ0n) is 23.8. The molecule has 4 heterocycles. The highest BCUT2D eigenvalue weighted by Crippen LogP contribution is 2.26. The second-order valence-corrected chi connectivity index (χ2v) is 13.8. The molecular formula is C26H40Br2N6O6. The molecule has 4 atom stereocenters. The Labute approximate surface area is 251 Å². The summed E-state index contributed by atoms with van der Waals surface area (Å²) in [6.45, 7) is 12.7. The van der Waals surface area contributed by atoms with Crippen molar-refractivity contribution in [1.29, 1.82) is 0 Å². The third-order valence-corrected chi connectivity index (χ3v) is 7.03. The average molecular weight is 692 g/mol. The first kappa shape index (κ1) is 32.4. The molecule has 0 unspecified atom stereocenters. The van der Waals surface area contributed by atoms with E-state index in [4.69, 9.17) is 9.47 Å². The van der Waals surface area contributed by atoms with Crippen molar-refractivity contribution in [2.45, 2.75) is 89.9 Å². The van der Waals surface area contributed by atoms with E-state index in [0.29, 0.717) is 32.5 Å². The van der Waals surface area contributed by atoms with Gasteiger partial charge in [0.05, 0.1) is 52.2 Å². The second-order valence-electron chi connectivity index (χ2n) is 12.0. The summed E-state index contributed by atoms with van der Waals surface area (Å²) >= 11 is 6.67. The van der Waals surface area contributed by atoms with Crippen molar-refractivity contribution in [3.63, 3.8) is 0 Å². The maximum Gasteiger partial charge on any atom is 0.410 e. The minimum atomic E-state index is -0.650. The lowest BCUT2D eigenvalue weighted by molar-refractivity contribution is -0.0119. The zero-order chi connectivity index (χ0) is 29.8. The maximum absolute atomic E-state index is 12.1. The molecule has 4 rings (SSSR count). The molecule has 14 heteroatoms. The van der Waals surface area contributed by atoms with Crippen LogP contribution < -0.4 is 0 Å². The van der Waals surface area contributed by atoms with Crippen molar-refractivity contribution in [2.75, 3.05) is 26.2 Å². The Hall–Kier alpha value is -2.16. The van der Waals surface area contributed by atoms with Gasteiger partial charge in [0.15, 0.2) is 0 Å². The number of hydrogen-bond acceptors (Lipinski definition) is 8. The molecule has 12 nitrogen and oxygen atoms in total. The molecule has 2 aromatic rings. The van der Waals surface area contributed by atoms with Crippen LogP contribution in [0.1, 0.15) is 66.5 Å². The monoisotopic (exact) mass is 690 g/mol. The van der Waals surface area contributed by atoms with Crippen LogP contribution in [0.25, 0.3) is 0 Å². The molecule has 2 saturated heterocycles. The van der Waals surface area contributed by atoms with Crippen molar-refractivity contribution in [1.82, 2.24) is 29.4 Å². The number of piperidine rings is 2. The quantitative estimate of drug-likeness (QED) is 0.474. The van der Waals surface area contributed by atoms with E-state index in [2.05, 4.69) is 42.1 Å². The number of aromatic nitrogens is 4. The number of amides is 2. The van der Waals surface area contributed by atoms with Crippen LogP contribution in [0.5, 0.6) is 0 Å². The molecule has 0 radical (unpaired) electrons. The van der Waals surface area contributed by atoms with Gasteiger partial charge in [0.1, 0.15) is 11.2 Å². The fourth-order valence-corrected chi connectivity index (χ4v) is 4.99. The number of aliphatic hydroxyl groups excluding tert-OH is 2. The summed E-state index contributed by atoms with van der Waals surface area (Å²) in [6, 6.07) is -0.359. The van der Waals surface area contributed by atoms with Gasteiger partial charge in [-0.25, -0.2) is 9.59 Å². The van der Waals surface area contributed by atoms with Crippen LogP contribution >= 0.6 is 31.9 Å². The van der Waals surface area contributed by atoms with Gasteiger partial charge in [-0.1, -0.05) is 0 Å². The fraction of sp³-hybridized carbons (Fsp3) is 0.692. The highest BCUT2D eigenvalue weighted by Gasteiger charge is 2.35. The second kappa shape index (κ2) is 13.2. The van der Waals surface area contributed by atoms with Crippen molar-refractivity contribution in [3.05, 3.63) is 33.7 Å². The normalized spacial score (nSPS) is 23.8. The number of carbonyl (C=O) groups excluding carboxylic acids is 2. The number of carbonyl (C=O) groups is 2. The number of likely N-dealkylation sites (tertiary alicyclic amines) is 2. The molecule has 2 fully saturated rings.